The number of rotatable bonds is 3. The third-order valence-electron chi connectivity index (χ3n) is 6.42. The van der Waals surface area contributed by atoms with E-state index >= 15 is 0 Å². The Hall–Kier alpha value is -2.88. The number of nitrogens with zero attached hydrogens (tertiary/aromatic N) is 7. The minimum Gasteiger partial charge on any atom is -0.356 e. The van der Waals surface area contributed by atoms with Crippen LogP contribution >= 0.6 is 0 Å². The van der Waals surface area contributed by atoms with Gasteiger partial charge in [-0.3, -0.25) is 0 Å². The first kappa shape index (κ1) is 17.2. The number of fused-ring (bicyclic) bond motifs is 1. The first-order valence-electron chi connectivity index (χ1n) is 10.3. The highest BCUT2D eigenvalue weighted by Gasteiger charge is 2.39. The summed E-state index contributed by atoms with van der Waals surface area (Å²) in [6, 6.07) is 8.48. The van der Waals surface area contributed by atoms with Crippen LogP contribution in [-0.4, -0.2) is 53.7 Å². The summed E-state index contributed by atoms with van der Waals surface area (Å²) in [6.45, 7) is 5.18. The van der Waals surface area contributed by atoms with Crippen molar-refractivity contribution in [2.75, 3.05) is 47.4 Å². The molecule has 0 bridgehead atoms. The van der Waals surface area contributed by atoms with E-state index in [1.54, 1.807) is 18.6 Å². The maximum Gasteiger partial charge on any atom is 0.134 e. The second kappa shape index (κ2) is 7.27. The molecule has 5 heterocycles. The highest BCUT2D eigenvalue weighted by molar-refractivity contribution is 5.53. The van der Waals surface area contributed by atoms with Gasteiger partial charge in [0.2, 0.25) is 0 Å². The molecule has 2 aromatic heterocycles. The lowest BCUT2D eigenvalue weighted by Gasteiger charge is -2.39. The summed E-state index contributed by atoms with van der Waals surface area (Å²) in [7, 11) is 0. The van der Waals surface area contributed by atoms with E-state index < -0.39 is 0 Å². The maximum atomic E-state index is 9.22. The molecule has 2 atom stereocenters. The largest absolute Gasteiger partial charge is 0.356 e. The van der Waals surface area contributed by atoms with Crippen LogP contribution in [0.5, 0.6) is 0 Å². The molecule has 0 spiro atoms. The third-order valence-corrected chi connectivity index (χ3v) is 6.42. The van der Waals surface area contributed by atoms with Crippen molar-refractivity contribution >= 4 is 17.5 Å². The van der Waals surface area contributed by atoms with Crippen LogP contribution in [-0.2, 0) is 0 Å². The van der Waals surface area contributed by atoms with Crippen molar-refractivity contribution in [3.05, 3.63) is 36.3 Å². The molecule has 0 saturated carbocycles. The summed E-state index contributed by atoms with van der Waals surface area (Å²) in [6.07, 6.45) is 8.31. The summed E-state index contributed by atoms with van der Waals surface area (Å²) in [4.78, 5) is 20.8. The lowest BCUT2D eigenvalue weighted by atomic mass is 9.92. The number of anilines is 3. The second-order valence-electron chi connectivity index (χ2n) is 7.99. The fraction of sp³-hybridized carbons (Fsp3) is 0.524. The number of piperidine rings is 1. The molecule has 28 heavy (non-hydrogen) atoms. The van der Waals surface area contributed by atoms with E-state index in [4.69, 9.17) is 0 Å². The molecule has 7 heteroatoms. The van der Waals surface area contributed by atoms with Crippen molar-refractivity contribution in [2.45, 2.75) is 31.7 Å². The molecule has 7 nitrogen and oxygen atoms in total. The Balaban J connectivity index is 1.36. The zero-order valence-corrected chi connectivity index (χ0v) is 16.0. The minimum atomic E-state index is 0.417. The molecule has 3 aliphatic heterocycles. The monoisotopic (exact) mass is 375 g/mol. The molecule has 2 unspecified atom stereocenters. The molecule has 5 rings (SSSR count). The zero-order valence-electron chi connectivity index (χ0n) is 16.0. The van der Waals surface area contributed by atoms with Gasteiger partial charge in [-0.2, -0.15) is 5.26 Å². The summed E-state index contributed by atoms with van der Waals surface area (Å²) < 4.78 is 0. The lowest BCUT2D eigenvalue weighted by molar-refractivity contribution is 0.388. The van der Waals surface area contributed by atoms with Crippen LogP contribution in [0.15, 0.2) is 30.7 Å². The van der Waals surface area contributed by atoms with Gasteiger partial charge in [-0.1, -0.05) is 0 Å². The van der Waals surface area contributed by atoms with Crippen molar-refractivity contribution in [1.82, 2.24) is 15.0 Å². The maximum absolute atomic E-state index is 9.22. The van der Waals surface area contributed by atoms with Gasteiger partial charge in [0.25, 0.3) is 0 Å². The molecule has 3 fully saturated rings. The minimum absolute atomic E-state index is 0.417. The SMILES string of the molecule is N#Cc1ccnc(N2CCC3CCN(c4cc(N5CCCC5)ncn4)CC32)c1. The van der Waals surface area contributed by atoms with Crippen LogP contribution < -0.4 is 14.7 Å². The Morgan fingerprint density at radius 1 is 0.893 bits per heavy atom. The molecule has 0 aliphatic carbocycles. The highest BCUT2D eigenvalue weighted by atomic mass is 15.3. The average molecular weight is 375 g/mol. The Morgan fingerprint density at radius 2 is 1.68 bits per heavy atom. The molecule has 144 valence electrons. The van der Waals surface area contributed by atoms with Gasteiger partial charge in [0.05, 0.1) is 17.7 Å². The smallest absolute Gasteiger partial charge is 0.134 e. The highest BCUT2D eigenvalue weighted by Crippen LogP contribution is 2.36. The molecule has 3 saturated heterocycles. The van der Waals surface area contributed by atoms with Gasteiger partial charge >= 0.3 is 0 Å². The number of aromatic nitrogens is 3. The Kier molecular flexibility index (Phi) is 4.47. The molecular formula is C21H25N7. The van der Waals surface area contributed by atoms with Crippen LogP contribution in [0.3, 0.4) is 0 Å². The summed E-state index contributed by atoms with van der Waals surface area (Å²) in [5.41, 5.74) is 0.673. The molecule has 0 amide bonds. The summed E-state index contributed by atoms with van der Waals surface area (Å²) in [5, 5.41) is 9.22. The second-order valence-corrected chi connectivity index (χ2v) is 7.99. The number of nitriles is 1. The molecular weight excluding hydrogens is 350 g/mol. The lowest BCUT2D eigenvalue weighted by Crippen LogP contribution is -2.48. The molecule has 0 aromatic carbocycles. The quantitative estimate of drug-likeness (QED) is 0.816. The fourth-order valence-corrected chi connectivity index (χ4v) is 4.91. The van der Waals surface area contributed by atoms with E-state index in [1.165, 1.54) is 25.7 Å². The van der Waals surface area contributed by atoms with Crippen molar-refractivity contribution in [1.29, 1.82) is 5.26 Å². The summed E-state index contributed by atoms with van der Waals surface area (Å²) >= 11 is 0. The topological polar surface area (TPSA) is 72.2 Å². The van der Waals surface area contributed by atoms with Gasteiger partial charge in [0.15, 0.2) is 0 Å². The van der Waals surface area contributed by atoms with E-state index in [0.29, 0.717) is 17.5 Å². The van der Waals surface area contributed by atoms with Crippen molar-refractivity contribution in [3.63, 3.8) is 0 Å². The van der Waals surface area contributed by atoms with E-state index in [9.17, 15) is 5.26 Å². The first-order valence-corrected chi connectivity index (χ1v) is 10.3. The number of hydrogen-bond donors (Lipinski definition) is 0. The Labute approximate surface area is 165 Å². The van der Waals surface area contributed by atoms with Crippen LogP contribution in [0, 0.1) is 17.2 Å². The standard InChI is InChI=1S/C21H25N7/c22-13-16-3-6-23-21(11-16)28-10-5-17-4-9-27(14-18(17)28)20-12-19(24-15-25-20)26-7-1-2-8-26/h3,6,11-12,15,17-18H,1-2,4-5,7-10,14H2. The van der Waals surface area contributed by atoms with E-state index in [1.807, 2.05) is 6.07 Å². The van der Waals surface area contributed by atoms with Crippen LogP contribution in [0.1, 0.15) is 31.2 Å². The fourth-order valence-electron chi connectivity index (χ4n) is 4.91. The predicted octanol–water partition coefficient (Wildman–Crippen LogP) is 2.45. The predicted molar refractivity (Wildman–Crippen MR) is 109 cm³/mol. The van der Waals surface area contributed by atoms with Crippen LogP contribution in [0.25, 0.3) is 0 Å². The molecule has 0 radical (unpaired) electrons. The van der Waals surface area contributed by atoms with Gasteiger partial charge in [-0.05, 0) is 43.7 Å². The first-order chi connectivity index (χ1) is 13.8. The van der Waals surface area contributed by atoms with Crippen molar-refractivity contribution in [3.8, 4) is 6.07 Å². The average Bonchev–Trinajstić information content (AvgIpc) is 3.43. The van der Waals surface area contributed by atoms with E-state index in [2.05, 4.69) is 41.8 Å². The molecule has 3 aliphatic rings. The van der Waals surface area contributed by atoms with E-state index in [0.717, 1.165) is 50.2 Å². The van der Waals surface area contributed by atoms with E-state index in [-0.39, 0.29) is 0 Å². The van der Waals surface area contributed by atoms with Crippen molar-refractivity contribution < 1.29 is 0 Å². The van der Waals surface area contributed by atoms with Gasteiger partial charge < -0.3 is 14.7 Å². The molecule has 2 aromatic rings. The molecule has 0 N–H and O–H groups in total. The zero-order chi connectivity index (χ0) is 18.9. The number of pyridine rings is 1. The summed E-state index contributed by atoms with van der Waals surface area (Å²) in [5.74, 6) is 3.69. The normalized spacial score (nSPS) is 24.3. The Morgan fingerprint density at radius 3 is 2.50 bits per heavy atom. The van der Waals surface area contributed by atoms with Gasteiger partial charge in [0.1, 0.15) is 23.8 Å². The van der Waals surface area contributed by atoms with Crippen LogP contribution in [0.2, 0.25) is 0 Å². The van der Waals surface area contributed by atoms with Gasteiger partial charge in [-0.25, -0.2) is 15.0 Å². The van der Waals surface area contributed by atoms with Crippen molar-refractivity contribution in [2.24, 2.45) is 5.92 Å². The van der Waals surface area contributed by atoms with Gasteiger partial charge in [0, 0.05) is 45.0 Å². The van der Waals surface area contributed by atoms with Crippen LogP contribution in [0.4, 0.5) is 17.5 Å². The third kappa shape index (κ3) is 3.13. The van der Waals surface area contributed by atoms with Gasteiger partial charge in [-0.15, -0.1) is 0 Å². The Bertz CT molecular complexity index is 886. The number of hydrogen-bond acceptors (Lipinski definition) is 7.